The molecule has 0 aliphatic heterocycles. The molecule has 0 saturated heterocycles. The van der Waals surface area contributed by atoms with Crippen LogP contribution in [0.15, 0.2) is 48.5 Å². The molecule has 2 aromatic carbocycles. The summed E-state index contributed by atoms with van der Waals surface area (Å²) < 4.78 is 0. The summed E-state index contributed by atoms with van der Waals surface area (Å²) >= 11 is 0. The molecule has 1 nitrogen and oxygen atoms in total. The highest BCUT2D eigenvalue weighted by atomic mass is 14.6. The van der Waals surface area contributed by atoms with Gasteiger partial charge < -0.3 is 5.73 Å². The predicted octanol–water partition coefficient (Wildman–Crippen LogP) is 4.58. The van der Waals surface area contributed by atoms with E-state index in [0.29, 0.717) is 12.5 Å². The van der Waals surface area contributed by atoms with Crippen LogP contribution in [-0.2, 0) is 11.8 Å². The number of aryl methyl sites for hydroxylation is 1. The molecule has 0 aliphatic rings. The van der Waals surface area contributed by atoms with Crippen molar-refractivity contribution in [3.8, 4) is 0 Å². The minimum atomic E-state index is -0.00690. The molecule has 0 aliphatic carbocycles. The van der Waals surface area contributed by atoms with E-state index in [1.807, 2.05) is 0 Å². The van der Waals surface area contributed by atoms with Gasteiger partial charge in [0.2, 0.25) is 0 Å². The first-order valence-corrected chi connectivity index (χ1v) is 7.81. The van der Waals surface area contributed by atoms with Crippen LogP contribution >= 0.6 is 0 Å². The Balaban J connectivity index is 2.23. The first kappa shape index (κ1) is 15.8. The summed E-state index contributed by atoms with van der Waals surface area (Å²) in [6.45, 7) is 9.49. The number of rotatable bonds is 5. The maximum absolute atomic E-state index is 6.10. The van der Waals surface area contributed by atoms with Gasteiger partial charge in [0.25, 0.3) is 0 Å². The van der Waals surface area contributed by atoms with Gasteiger partial charge in [0.1, 0.15) is 0 Å². The van der Waals surface area contributed by atoms with Crippen molar-refractivity contribution in [1.29, 1.82) is 0 Å². The Hall–Kier alpha value is -1.60. The first-order valence-electron chi connectivity index (χ1n) is 7.81. The van der Waals surface area contributed by atoms with Gasteiger partial charge >= 0.3 is 0 Å². The van der Waals surface area contributed by atoms with Crippen molar-refractivity contribution in [1.82, 2.24) is 0 Å². The van der Waals surface area contributed by atoms with E-state index < -0.39 is 0 Å². The second kappa shape index (κ2) is 6.44. The molecule has 0 radical (unpaired) electrons. The molecule has 0 aromatic heterocycles. The quantitative estimate of drug-likeness (QED) is 0.853. The van der Waals surface area contributed by atoms with E-state index in [0.717, 1.165) is 6.42 Å². The molecule has 1 heteroatoms. The Kier molecular flexibility index (Phi) is 4.84. The standard InChI is InChI=1S/C20H27N/c1-15(2)18-9-7-17(8-10-18)13-20(4,14-21)19-11-5-16(3)6-12-19/h5-12,15H,13-14,21H2,1-4H3. The maximum Gasteiger partial charge on any atom is 0.00876 e. The summed E-state index contributed by atoms with van der Waals surface area (Å²) in [5.74, 6) is 0.581. The fraction of sp³-hybridized carbons (Fsp3) is 0.400. The average molecular weight is 281 g/mol. The Morgan fingerprint density at radius 1 is 0.952 bits per heavy atom. The number of hydrogen-bond acceptors (Lipinski definition) is 1. The van der Waals surface area contributed by atoms with Crippen molar-refractivity contribution in [3.05, 3.63) is 70.8 Å². The lowest BCUT2D eigenvalue weighted by molar-refractivity contribution is 0.481. The third kappa shape index (κ3) is 3.74. The van der Waals surface area contributed by atoms with Crippen LogP contribution in [0.2, 0.25) is 0 Å². The van der Waals surface area contributed by atoms with Gasteiger partial charge in [-0.05, 0) is 36.0 Å². The minimum absolute atomic E-state index is 0.00690. The summed E-state index contributed by atoms with van der Waals surface area (Å²) in [6, 6.07) is 17.7. The summed E-state index contributed by atoms with van der Waals surface area (Å²) in [6.07, 6.45) is 0.977. The fourth-order valence-electron chi connectivity index (χ4n) is 2.72. The molecule has 2 rings (SSSR count). The van der Waals surface area contributed by atoms with Crippen molar-refractivity contribution in [2.75, 3.05) is 6.54 Å². The van der Waals surface area contributed by atoms with Crippen LogP contribution in [0.1, 0.15) is 48.9 Å². The molecule has 0 saturated carbocycles. The molecule has 0 heterocycles. The molecule has 21 heavy (non-hydrogen) atoms. The van der Waals surface area contributed by atoms with Crippen LogP contribution in [-0.4, -0.2) is 6.54 Å². The van der Waals surface area contributed by atoms with Crippen LogP contribution in [0.4, 0.5) is 0 Å². The molecule has 1 atom stereocenters. The van der Waals surface area contributed by atoms with Gasteiger partial charge in [0.05, 0.1) is 0 Å². The molecule has 0 spiro atoms. The van der Waals surface area contributed by atoms with E-state index in [1.54, 1.807) is 0 Å². The highest BCUT2D eigenvalue weighted by Gasteiger charge is 2.25. The lowest BCUT2D eigenvalue weighted by Crippen LogP contribution is -2.34. The minimum Gasteiger partial charge on any atom is -0.330 e. The number of nitrogens with two attached hydrogens (primary N) is 1. The second-order valence-corrected chi connectivity index (χ2v) is 6.70. The maximum atomic E-state index is 6.10. The van der Waals surface area contributed by atoms with E-state index in [4.69, 9.17) is 5.73 Å². The largest absolute Gasteiger partial charge is 0.330 e. The second-order valence-electron chi connectivity index (χ2n) is 6.70. The highest BCUT2D eigenvalue weighted by Crippen LogP contribution is 2.28. The SMILES string of the molecule is Cc1ccc(C(C)(CN)Cc2ccc(C(C)C)cc2)cc1. The molecule has 0 fully saturated rings. The third-order valence-electron chi connectivity index (χ3n) is 4.44. The van der Waals surface area contributed by atoms with Gasteiger partial charge in [-0.3, -0.25) is 0 Å². The number of benzene rings is 2. The summed E-state index contributed by atoms with van der Waals surface area (Å²) in [5.41, 5.74) is 11.5. The van der Waals surface area contributed by atoms with E-state index in [9.17, 15) is 0 Å². The van der Waals surface area contributed by atoms with Crippen molar-refractivity contribution < 1.29 is 0 Å². The van der Waals surface area contributed by atoms with Gasteiger partial charge in [0, 0.05) is 12.0 Å². The van der Waals surface area contributed by atoms with Crippen LogP contribution in [0.3, 0.4) is 0 Å². The van der Waals surface area contributed by atoms with Crippen molar-refractivity contribution in [2.24, 2.45) is 5.73 Å². The number of hydrogen-bond donors (Lipinski definition) is 1. The van der Waals surface area contributed by atoms with Gasteiger partial charge in [-0.15, -0.1) is 0 Å². The Labute approximate surface area is 129 Å². The molecule has 0 bridgehead atoms. The first-order chi connectivity index (χ1) is 9.94. The molecule has 0 amide bonds. The van der Waals surface area contributed by atoms with Gasteiger partial charge in [-0.1, -0.05) is 74.9 Å². The topological polar surface area (TPSA) is 26.0 Å². The molecular weight excluding hydrogens is 254 g/mol. The van der Waals surface area contributed by atoms with Gasteiger partial charge in [-0.25, -0.2) is 0 Å². The summed E-state index contributed by atoms with van der Waals surface area (Å²) in [4.78, 5) is 0. The van der Waals surface area contributed by atoms with Gasteiger partial charge in [0.15, 0.2) is 0 Å². The fourth-order valence-corrected chi connectivity index (χ4v) is 2.72. The Bertz CT molecular complexity index is 566. The van der Waals surface area contributed by atoms with Crippen LogP contribution in [0.5, 0.6) is 0 Å². The normalized spacial score (nSPS) is 14.2. The van der Waals surface area contributed by atoms with Crippen molar-refractivity contribution in [2.45, 2.75) is 45.4 Å². The smallest absolute Gasteiger partial charge is 0.00876 e. The zero-order chi connectivity index (χ0) is 15.5. The average Bonchev–Trinajstić information content (AvgIpc) is 2.48. The lowest BCUT2D eigenvalue weighted by Gasteiger charge is -2.29. The zero-order valence-corrected chi connectivity index (χ0v) is 13.7. The van der Waals surface area contributed by atoms with Gasteiger partial charge in [-0.2, -0.15) is 0 Å². The zero-order valence-electron chi connectivity index (χ0n) is 13.7. The van der Waals surface area contributed by atoms with E-state index in [2.05, 4.69) is 76.2 Å². The van der Waals surface area contributed by atoms with Crippen LogP contribution in [0, 0.1) is 6.92 Å². The molecular formula is C20H27N. The highest BCUT2D eigenvalue weighted by molar-refractivity contribution is 5.33. The van der Waals surface area contributed by atoms with E-state index in [1.165, 1.54) is 22.3 Å². The summed E-state index contributed by atoms with van der Waals surface area (Å²) in [7, 11) is 0. The third-order valence-corrected chi connectivity index (χ3v) is 4.44. The predicted molar refractivity (Wildman–Crippen MR) is 91.8 cm³/mol. The molecule has 112 valence electrons. The lowest BCUT2D eigenvalue weighted by atomic mass is 9.77. The molecule has 2 aromatic rings. The molecule has 1 unspecified atom stereocenters. The summed E-state index contributed by atoms with van der Waals surface area (Å²) in [5, 5.41) is 0. The monoisotopic (exact) mass is 281 g/mol. The van der Waals surface area contributed by atoms with E-state index >= 15 is 0 Å². The molecule has 2 N–H and O–H groups in total. The Morgan fingerprint density at radius 2 is 1.52 bits per heavy atom. The van der Waals surface area contributed by atoms with Crippen molar-refractivity contribution in [3.63, 3.8) is 0 Å². The van der Waals surface area contributed by atoms with Crippen LogP contribution < -0.4 is 5.73 Å². The van der Waals surface area contributed by atoms with Crippen molar-refractivity contribution >= 4 is 0 Å². The Morgan fingerprint density at radius 3 is 2.00 bits per heavy atom. The van der Waals surface area contributed by atoms with E-state index in [-0.39, 0.29) is 5.41 Å². The van der Waals surface area contributed by atoms with Crippen LogP contribution in [0.25, 0.3) is 0 Å².